The predicted octanol–water partition coefficient (Wildman–Crippen LogP) is 1.70. The summed E-state index contributed by atoms with van der Waals surface area (Å²) in [6, 6.07) is 1.14. The normalized spacial score (nSPS) is 12.6. The van der Waals surface area contributed by atoms with Gasteiger partial charge in [0.15, 0.2) is 5.96 Å². The zero-order chi connectivity index (χ0) is 15.4. The molecule has 0 atom stereocenters. The van der Waals surface area contributed by atoms with Gasteiger partial charge >= 0.3 is 0 Å². The number of hydrogen-bond acceptors (Lipinski definition) is 3. The Kier molecular flexibility index (Phi) is 11.5. The molecule has 2 N–H and O–H groups in total. The second-order valence-corrected chi connectivity index (χ2v) is 5.46. The molecule has 5 heteroatoms. The number of hydrogen-bond donors (Lipinski definition) is 2. The standard InChI is InChI=1S/C15H34N4O/c1-7-16-15(17-9-8-12-20-6)18-10-11-19(13(2)3)14(4)5/h13-14H,7-12H2,1-6H3,(H2,16,17,18). The molecule has 0 unspecified atom stereocenters. The lowest BCUT2D eigenvalue weighted by Crippen LogP contribution is -2.45. The van der Waals surface area contributed by atoms with Crippen LogP contribution < -0.4 is 10.6 Å². The van der Waals surface area contributed by atoms with Crippen LogP contribution in [0.15, 0.2) is 4.99 Å². The van der Waals surface area contributed by atoms with E-state index in [1.807, 2.05) is 0 Å². The SMILES string of the molecule is CCNC(=NCCCOC)NCCN(C(C)C)C(C)C. The maximum atomic E-state index is 5.03. The number of ether oxygens (including phenoxy) is 1. The Morgan fingerprint density at radius 2 is 1.80 bits per heavy atom. The van der Waals surface area contributed by atoms with E-state index in [9.17, 15) is 0 Å². The van der Waals surface area contributed by atoms with E-state index in [2.05, 4.69) is 55.1 Å². The van der Waals surface area contributed by atoms with Crippen LogP contribution in [0.4, 0.5) is 0 Å². The summed E-state index contributed by atoms with van der Waals surface area (Å²) in [5.41, 5.74) is 0. The molecule has 0 fully saturated rings. The minimum atomic E-state index is 0.568. The van der Waals surface area contributed by atoms with Crippen molar-refractivity contribution < 1.29 is 4.74 Å². The number of guanidine groups is 1. The summed E-state index contributed by atoms with van der Waals surface area (Å²) in [7, 11) is 1.72. The molecule has 0 saturated carbocycles. The van der Waals surface area contributed by atoms with Crippen LogP contribution in [0.5, 0.6) is 0 Å². The molecule has 0 aliphatic carbocycles. The van der Waals surface area contributed by atoms with E-state index >= 15 is 0 Å². The molecular weight excluding hydrogens is 252 g/mol. The summed E-state index contributed by atoms with van der Waals surface area (Å²) in [5.74, 6) is 0.899. The molecule has 0 aromatic heterocycles. The fourth-order valence-corrected chi connectivity index (χ4v) is 2.16. The molecule has 0 rings (SSSR count). The van der Waals surface area contributed by atoms with Gasteiger partial charge in [0.25, 0.3) is 0 Å². The number of nitrogens with one attached hydrogen (secondary N) is 2. The number of rotatable bonds is 10. The van der Waals surface area contributed by atoms with E-state index in [1.54, 1.807) is 7.11 Å². The van der Waals surface area contributed by atoms with Crippen molar-refractivity contribution in [2.75, 3.05) is 39.9 Å². The summed E-state index contributed by atoms with van der Waals surface area (Å²) in [6.07, 6.45) is 0.956. The second-order valence-electron chi connectivity index (χ2n) is 5.46. The van der Waals surface area contributed by atoms with Crippen molar-refractivity contribution in [1.82, 2.24) is 15.5 Å². The van der Waals surface area contributed by atoms with E-state index in [-0.39, 0.29) is 0 Å². The first-order valence-electron chi connectivity index (χ1n) is 7.79. The van der Waals surface area contributed by atoms with Gasteiger partial charge in [0, 0.05) is 52.0 Å². The second kappa shape index (κ2) is 12.0. The summed E-state index contributed by atoms with van der Waals surface area (Å²) >= 11 is 0. The van der Waals surface area contributed by atoms with E-state index < -0.39 is 0 Å². The van der Waals surface area contributed by atoms with Crippen molar-refractivity contribution in [2.24, 2.45) is 4.99 Å². The Hall–Kier alpha value is -0.810. The van der Waals surface area contributed by atoms with E-state index in [4.69, 9.17) is 4.74 Å². The van der Waals surface area contributed by atoms with E-state index in [1.165, 1.54) is 0 Å². The molecule has 20 heavy (non-hydrogen) atoms. The van der Waals surface area contributed by atoms with Crippen LogP contribution >= 0.6 is 0 Å². The maximum absolute atomic E-state index is 5.03. The molecule has 0 radical (unpaired) electrons. The molecular formula is C15H34N4O. The van der Waals surface area contributed by atoms with Crippen molar-refractivity contribution >= 4 is 5.96 Å². The quantitative estimate of drug-likeness (QED) is 0.364. The highest BCUT2D eigenvalue weighted by atomic mass is 16.5. The van der Waals surface area contributed by atoms with Crippen molar-refractivity contribution in [2.45, 2.75) is 53.1 Å². The van der Waals surface area contributed by atoms with E-state index in [0.29, 0.717) is 12.1 Å². The van der Waals surface area contributed by atoms with Gasteiger partial charge < -0.3 is 15.4 Å². The van der Waals surface area contributed by atoms with Crippen LogP contribution in [0.25, 0.3) is 0 Å². The average Bonchev–Trinajstić information content (AvgIpc) is 2.38. The monoisotopic (exact) mass is 286 g/mol. The van der Waals surface area contributed by atoms with Gasteiger partial charge in [-0.05, 0) is 41.0 Å². The van der Waals surface area contributed by atoms with Gasteiger partial charge in [-0.25, -0.2) is 0 Å². The minimum Gasteiger partial charge on any atom is -0.385 e. The zero-order valence-corrected chi connectivity index (χ0v) is 14.2. The fourth-order valence-electron chi connectivity index (χ4n) is 2.16. The van der Waals surface area contributed by atoms with Gasteiger partial charge in [-0.15, -0.1) is 0 Å². The lowest BCUT2D eigenvalue weighted by atomic mass is 10.2. The summed E-state index contributed by atoms with van der Waals surface area (Å²) in [5, 5.41) is 6.67. The van der Waals surface area contributed by atoms with Crippen molar-refractivity contribution in [3.05, 3.63) is 0 Å². The van der Waals surface area contributed by atoms with Gasteiger partial charge in [0.2, 0.25) is 0 Å². The largest absolute Gasteiger partial charge is 0.385 e. The van der Waals surface area contributed by atoms with Crippen LogP contribution in [0.3, 0.4) is 0 Å². The first-order chi connectivity index (χ1) is 9.52. The van der Waals surface area contributed by atoms with Gasteiger partial charge in [-0.3, -0.25) is 9.89 Å². The molecule has 120 valence electrons. The Labute approximate surface area is 125 Å². The average molecular weight is 286 g/mol. The number of nitrogens with zero attached hydrogens (tertiary/aromatic N) is 2. The highest BCUT2D eigenvalue weighted by molar-refractivity contribution is 5.79. The summed E-state index contributed by atoms with van der Waals surface area (Å²) in [4.78, 5) is 7.01. The van der Waals surface area contributed by atoms with E-state index in [0.717, 1.165) is 45.2 Å². The molecule has 0 saturated heterocycles. The maximum Gasteiger partial charge on any atom is 0.191 e. The van der Waals surface area contributed by atoms with Gasteiger partial charge in [-0.2, -0.15) is 0 Å². The summed E-state index contributed by atoms with van der Waals surface area (Å²) in [6.45, 7) is 15.4. The predicted molar refractivity (Wildman–Crippen MR) is 87.5 cm³/mol. The Balaban J connectivity index is 4.12. The highest BCUT2D eigenvalue weighted by Crippen LogP contribution is 2.03. The Bertz CT molecular complexity index is 246. The molecule has 0 aromatic carbocycles. The third-order valence-corrected chi connectivity index (χ3v) is 3.11. The zero-order valence-electron chi connectivity index (χ0n) is 14.2. The van der Waals surface area contributed by atoms with Crippen LogP contribution in [-0.2, 0) is 4.74 Å². The van der Waals surface area contributed by atoms with Crippen molar-refractivity contribution in [3.63, 3.8) is 0 Å². The molecule has 0 heterocycles. The molecule has 0 bridgehead atoms. The van der Waals surface area contributed by atoms with Crippen molar-refractivity contribution in [1.29, 1.82) is 0 Å². The van der Waals surface area contributed by atoms with Crippen molar-refractivity contribution in [3.8, 4) is 0 Å². The Morgan fingerprint density at radius 3 is 2.30 bits per heavy atom. The van der Waals surface area contributed by atoms with Gasteiger partial charge in [-0.1, -0.05) is 0 Å². The molecule has 0 aliphatic rings. The molecule has 5 nitrogen and oxygen atoms in total. The molecule has 0 spiro atoms. The molecule has 0 aromatic rings. The number of methoxy groups -OCH3 is 1. The smallest absolute Gasteiger partial charge is 0.191 e. The lowest BCUT2D eigenvalue weighted by Gasteiger charge is -2.30. The van der Waals surface area contributed by atoms with Crippen LogP contribution in [0.1, 0.15) is 41.0 Å². The molecule has 0 aliphatic heterocycles. The van der Waals surface area contributed by atoms with Gasteiger partial charge in [0.1, 0.15) is 0 Å². The summed E-state index contributed by atoms with van der Waals surface area (Å²) < 4.78 is 5.03. The lowest BCUT2D eigenvalue weighted by molar-refractivity contribution is 0.178. The van der Waals surface area contributed by atoms with Crippen LogP contribution in [-0.4, -0.2) is 62.8 Å². The topological polar surface area (TPSA) is 48.9 Å². The first-order valence-corrected chi connectivity index (χ1v) is 7.79. The highest BCUT2D eigenvalue weighted by Gasteiger charge is 2.12. The Morgan fingerprint density at radius 1 is 1.15 bits per heavy atom. The van der Waals surface area contributed by atoms with Gasteiger partial charge in [0.05, 0.1) is 0 Å². The fraction of sp³-hybridized carbons (Fsp3) is 0.933. The third kappa shape index (κ3) is 9.15. The number of aliphatic imine (C=N–C) groups is 1. The minimum absolute atomic E-state index is 0.568. The van der Waals surface area contributed by atoms with Crippen LogP contribution in [0.2, 0.25) is 0 Å². The first kappa shape index (κ1) is 19.2. The van der Waals surface area contributed by atoms with Crippen LogP contribution in [0, 0.1) is 0 Å². The third-order valence-electron chi connectivity index (χ3n) is 3.11. The molecule has 0 amide bonds.